The van der Waals surface area contributed by atoms with E-state index in [0.717, 1.165) is 6.54 Å². The predicted molar refractivity (Wildman–Crippen MR) is 87.7 cm³/mol. The minimum Gasteiger partial charge on any atom is -0.327 e. The van der Waals surface area contributed by atoms with Crippen LogP contribution < -0.4 is 5.32 Å². The van der Waals surface area contributed by atoms with Crippen LogP contribution >= 0.6 is 0 Å². The Morgan fingerprint density at radius 1 is 1.29 bits per heavy atom. The van der Waals surface area contributed by atoms with Crippen LogP contribution in [0, 0.1) is 12.3 Å². The van der Waals surface area contributed by atoms with Gasteiger partial charge in [-0.25, -0.2) is 4.98 Å². The highest BCUT2D eigenvalue weighted by Gasteiger charge is 2.37. The van der Waals surface area contributed by atoms with E-state index in [0.29, 0.717) is 17.5 Å². The summed E-state index contributed by atoms with van der Waals surface area (Å²) in [6, 6.07) is 1.20. The SMILES string of the molecule is CCNC1CCC(C)(C)CC1n1c(C)nc2c1CCCC2. The first-order valence-electron chi connectivity index (χ1n) is 8.82. The van der Waals surface area contributed by atoms with Gasteiger partial charge in [0.15, 0.2) is 0 Å². The Labute approximate surface area is 129 Å². The van der Waals surface area contributed by atoms with Crippen LogP contribution in [0.4, 0.5) is 0 Å². The second-order valence-electron chi connectivity index (χ2n) is 7.77. The first-order chi connectivity index (χ1) is 10.0. The van der Waals surface area contributed by atoms with Gasteiger partial charge in [0.05, 0.1) is 11.7 Å². The summed E-state index contributed by atoms with van der Waals surface area (Å²) >= 11 is 0. The van der Waals surface area contributed by atoms with Crippen molar-refractivity contribution in [1.82, 2.24) is 14.9 Å². The van der Waals surface area contributed by atoms with Gasteiger partial charge in [0.1, 0.15) is 5.82 Å². The predicted octanol–water partition coefficient (Wildman–Crippen LogP) is 3.80. The van der Waals surface area contributed by atoms with Gasteiger partial charge in [-0.15, -0.1) is 0 Å². The van der Waals surface area contributed by atoms with E-state index in [-0.39, 0.29) is 0 Å². The molecular weight excluding hydrogens is 258 g/mol. The van der Waals surface area contributed by atoms with Crippen molar-refractivity contribution in [1.29, 1.82) is 0 Å². The molecule has 0 aromatic carbocycles. The van der Waals surface area contributed by atoms with Gasteiger partial charge in [0.2, 0.25) is 0 Å². The molecule has 3 rings (SSSR count). The molecule has 0 spiro atoms. The van der Waals surface area contributed by atoms with Gasteiger partial charge in [0, 0.05) is 11.7 Å². The Balaban J connectivity index is 1.97. The summed E-state index contributed by atoms with van der Waals surface area (Å²) in [7, 11) is 0. The molecule has 1 saturated carbocycles. The molecule has 0 bridgehead atoms. The van der Waals surface area contributed by atoms with Gasteiger partial charge in [-0.1, -0.05) is 20.8 Å². The van der Waals surface area contributed by atoms with Crippen LogP contribution in [0.5, 0.6) is 0 Å². The molecule has 118 valence electrons. The van der Waals surface area contributed by atoms with Crippen molar-refractivity contribution in [2.45, 2.75) is 84.7 Å². The number of aromatic nitrogens is 2. The normalized spacial score (nSPS) is 28.4. The molecule has 1 aromatic heterocycles. The molecule has 3 nitrogen and oxygen atoms in total. The lowest BCUT2D eigenvalue weighted by Gasteiger charge is -2.43. The van der Waals surface area contributed by atoms with Crippen LogP contribution in [0.3, 0.4) is 0 Å². The second kappa shape index (κ2) is 5.75. The van der Waals surface area contributed by atoms with Gasteiger partial charge in [0.25, 0.3) is 0 Å². The molecule has 0 radical (unpaired) electrons. The van der Waals surface area contributed by atoms with E-state index in [1.807, 2.05) is 0 Å². The summed E-state index contributed by atoms with van der Waals surface area (Å²) in [6.45, 7) is 10.4. The van der Waals surface area contributed by atoms with E-state index in [1.54, 1.807) is 5.69 Å². The van der Waals surface area contributed by atoms with Crippen LogP contribution in [0.15, 0.2) is 0 Å². The quantitative estimate of drug-likeness (QED) is 0.917. The molecule has 0 amide bonds. The van der Waals surface area contributed by atoms with E-state index in [2.05, 4.69) is 37.6 Å². The topological polar surface area (TPSA) is 29.9 Å². The van der Waals surface area contributed by atoms with E-state index >= 15 is 0 Å². The molecule has 1 fully saturated rings. The molecule has 0 aliphatic heterocycles. The average molecular weight is 289 g/mol. The minimum atomic E-state index is 0.453. The third kappa shape index (κ3) is 2.90. The zero-order valence-electron chi connectivity index (χ0n) is 14.2. The summed E-state index contributed by atoms with van der Waals surface area (Å²) in [4.78, 5) is 4.90. The van der Waals surface area contributed by atoms with Crippen molar-refractivity contribution in [3.8, 4) is 0 Å². The third-order valence-electron chi connectivity index (χ3n) is 5.50. The van der Waals surface area contributed by atoms with Crippen molar-refractivity contribution in [2.75, 3.05) is 6.54 Å². The van der Waals surface area contributed by atoms with Gasteiger partial charge in [-0.05, 0) is 63.8 Å². The molecule has 2 aliphatic rings. The van der Waals surface area contributed by atoms with Crippen LogP contribution in [0.25, 0.3) is 0 Å². The van der Waals surface area contributed by atoms with Crippen LogP contribution in [0.1, 0.15) is 76.1 Å². The fourth-order valence-electron chi connectivity index (χ4n) is 4.46. The van der Waals surface area contributed by atoms with Gasteiger partial charge < -0.3 is 9.88 Å². The van der Waals surface area contributed by atoms with Crippen molar-refractivity contribution >= 4 is 0 Å². The number of nitrogens with zero attached hydrogens (tertiary/aromatic N) is 2. The van der Waals surface area contributed by atoms with E-state index in [1.165, 1.54) is 56.5 Å². The highest BCUT2D eigenvalue weighted by atomic mass is 15.2. The average Bonchev–Trinajstić information content (AvgIpc) is 2.76. The standard InChI is InChI=1S/C18H31N3/c1-5-19-14-10-11-18(3,4)12-17(14)21-13(2)20-15-8-6-7-9-16(15)21/h14,17,19H,5-12H2,1-4H3. The smallest absolute Gasteiger partial charge is 0.106 e. The molecule has 2 atom stereocenters. The fourth-order valence-corrected chi connectivity index (χ4v) is 4.46. The zero-order chi connectivity index (χ0) is 15.0. The van der Waals surface area contributed by atoms with Gasteiger partial charge in [-0.3, -0.25) is 0 Å². The highest BCUT2D eigenvalue weighted by Crippen LogP contribution is 2.43. The lowest BCUT2D eigenvalue weighted by molar-refractivity contribution is 0.140. The van der Waals surface area contributed by atoms with Crippen LogP contribution in [-0.4, -0.2) is 22.1 Å². The number of aryl methyl sites for hydroxylation is 2. The maximum Gasteiger partial charge on any atom is 0.106 e. The Kier molecular flexibility index (Phi) is 4.13. The fraction of sp³-hybridized carbons (Fsp3) is 0.833. The van der Waals surface area contributed by atoms with E-state index in [4.69, 9.17) is 4.98 Å². The number of hydrogen-bond donors (Lipinski definition) is 1. The molecule has 2 aliphatic carbocycles. The maximum absolute atomic E-state index is 4.90. The molecular formula is C18H31N3. The van der Waals surface area contributed by atoms with Crippen molar-refractivity contribution in [3.05, 3.63) is 17.2 Å². The number of hydrogen-bond acceptors (Lipinski definition) is 2. The number of imidazole rings is 1. The van der Waals surface area contributed by atoms with Crippen molar-refractivity contribution < 1.29 is 0 Å². The molecule has 3 heteroatoms. The van der Waals surface area contributed by atoms with Crippen molar-refractivity contribution in [2.24, 2.45) is 5.41 Å². The first-order valence-corrected chi connectivity index (χ1v) is 8.82. The summed E-state index contributed by atoms with van der Waals surface area (Å²) in [5.41, 5.74) is 3.39. The number of fused-ring (bicyclic) bond motifs is 1. The summed E-state index contributed by atoms with van der Waals surface area (Å²) in [5.74, 6) is 1.24. The third-order valence-corrected chi connectivity index (χ3v) is 5.50. The van der Waals surface area contributed by atoms with Crippen LogP contribution in [0.2, 0.25) is 0 Å². The Morgan fingerprint density at radius 2 is 2.05 bits per heavy atom. The largest absolute Gasteiger partial charge is 0.327 e. The zero-order valence-corrected chi connectivity index (χ0v) is 14.2. The lowest BCUT2D eigenvalue weighted by atomic mass is 9.72. The highest BCUT2D eigenvalue weighted by molar-refractivity contribution is 5.22. The number of rotatable bonds is 3. The first kappa shape index (κ1) is 15.1. The second-order valence-corrected chi connectivity index (χ2v) is 7.77. The summed E-state index contributed by atoms with van der Waals surface area (Å²) in [6.07, 6.45) is 8.96. The Hall–Kier alpha value is -0.830. The number of nitrogens with one attached hydrogen (secondary N) is 1. The Morgan fingerprint density at radius 3 is 2.81 bits per heavy atom. The number of likely N-dealkylation sites (N-methyl/N-ethyl adjacent to an activating group) is 1. The van der Waals surface area contributed by atoms with Crippen molar-refractivity contribution in [3.63, 3.8) is 0 Å². The molecule has 1 N–H and O–H groups in total. The molecule has 2 unspecified atom stereocenters. The molecule has 0 saturated heterocycles. The molecule has 1 aromatic rings. The van der Waals surface area contributed by atoms with Gasteiger partial charge in [-0.2, -0.15) is 0 Å². The van der Waals surface area contributed by atoms with E-state index < -0.39 is 0 Å². The minimum absolute atomic E-state index is 0.453. The molecule has 21 heavy (non-hydrogen) atoms. The van der Waals surface area contributed by atoms with Gasteiger partial charge >= 0.3 is 0 Å². The van der Waals surface area contributed by atoms with E-state index in [9.17, 15) is 0 Å². The Bertz CT molecular complexity index is 501. The monoisotopic (exact) mass is 289 g/mol. The maximum atomic E-state index is 4.90. The summed E-state index contributed by atoms with van der Waals surface area (Å²) in [5, 5.41) is 3.75. The molecule has 1 heterocycles. The van der Waals surface area contributed by atoms with Crippen LogP contribution in [-0.2, 0) is 12.8 Å². The summed E-state index contributed by atoms with van der Waals surface area (Å²) < 4.78 is 2.61. The lowest BCUT2D eigenvalue weighted by Crippen LogP contribution is -2.44.